The Morgan fingerprint density at radius 1 is 0.264 bits per heavy atom. The lowest BCUT2D eigenvalue weighted by molar-refractivity contribution is 0.426. The van der Waals surface area contributed by atoms with Crippen LogP contribution in [0.15, 0.2) is 466 Å². The maximum absolute atomic E-state index is 8.58. The summed E-state index contributed by atoms with van der Waals surface area (Å²) >= 11 is 45.5. The number of rotatable bonds is 14. The van der Waals surface area contributed by atoms with Crippen molar-refractivity contribution in [3.05, 3.63) is 501 Å². The summed E-state index contributed by atoms with van der Waals surface area (Å²) in [6.45, 7) is 0.146. The molecule has 20 rings (SSSR count). The van der Waals surface area contributed by atoms with Gasteiger partial charge in [-0.25, -0.2) is 0 Å². The highest BCUT2D eigenvalue weighted by Crippen LogP contribution is 2.51. The number of fused-ring (bicyclic) bond motifs is 4. The molecule has 0 aliphatic carbocycles. The average molecular weight is 1830 g/mol. The Labute approximate surface area is 774 Å². The first-order valence-corrected chi connectivity index (χ1v) is 43.8. The number of para-hydroxylation sites is 10. The lowest BCUT2D eigenvalue weighted by atomic mass is 9.33. The highest BCUT2D eigenvalue weighted by atomic mass is 79.9. The zero-order chi connectivity index (χ0) is 86.4. The van der Waals surface area contributed by atoms with Crippen LogP contribution in [0, 0.1) is 0 Å². The van der Waals surface area contributed by atoms with Crippen LogP contribution in [-0.4, -0.2) is 23.9 Å². The second kappa shape index (κ2) is 42.7. The summed E-state index contributed by atoms with van der Waals surface area (Å²) in [7, 11) is -1.34. The predicted octanol–water partition coefficient (Wildman–Crippen LogP) is 30.9. The summed E-state index contributed by atoms with van der Waals surface area (Å²) in [5.74, 6) is 0. The average Bonchev–Trinajstić information content (AvgIpc) is 0.696. The molecule has 0 bridgehead atoms. The molecule has 2 aliphatic rings. The summed E-state index contributed by atoms with van der Waals surface area (Å²) in [5, 5.41) is 23.8. The number of halogens is 8. The van der Waals surface area contributed by atoms with Crippen LogP contribution in [-0.2, 0) is 0 Å². The van der Waals surface area contributed by atoms with E-state index in [1.165, 1.54) is 61.6 Å². The van der Waals surface area contributed by atoms with E-state index in [2.05, 4.69) is 326 Å². The fraction of sp³-hybridized carbons (Fsp3) is 0. The number of nitrogens with one attached hydrogen (secondary N) is 1. The zero-order valence-electron chi connectivity index (χ0n) is 67.2. The van der Waals surface area contributed by atoms with Crippen LogP contribution in [0.4, 0.5) is 79.6 Å². The molecule has 2 heterocycles. The molecular weight excluding hydrogens is 1750 g/mol. The highest BCUT2D eigenvalue weighted by molar-refractivity contribution is 9.10. The van der Waals surface area contributed by atoms with E-state index in [-0.39, 0.29) is 6.71 Å². The molecule has 0 saturated heterocycles. The van der Waals surface area contributed by atoms with E-state index < -0.39 is 7.12 Å². The summed E-state index contributed by atoms with van der Waals surface area (Å²) in [4.78, 5) is 9.36. The van der Waals surface area contributed by atoms with Crippen molar-refractivity contribution in [2.45, 2.75) is 0 Å². The van der Waals surface area contributed by atoms with E-state index in [1.807, 2.05) is 140 Å². The maximum atomic E-state index is 8.58. The molecule has 125 heavy (non-hydrogen) atoms. The number of nitrogens with zero attached hydrogens (tertiary/aromatic N) is 4. The van der Waals surface area contributed by atoms with Crippen LogP contribution in [0.1, 0.15) is 0 Å². The quantitative estimate of drug-likeness (QED) is 0.0570. The molecule has 0 saturated carbocycles. The van der Waals surface area contributed by atoms with Crippen LogP contribution >= 0.6 is 97.1 Å². The van der Waals surface area contributed by atoms with Crippen LogP contribution in [0.2, 0.25) is 35.2 Å². The molecule has 0 fully saturated rings. The Balaban J connectivity index is 0.000000129. The summed E-state index contributed by atoms with van der Waals surface area (Å²) in [6, 6.07) is 157. The third-order valence-corrected chi connectivity index (χ3v) is 23.9. The smallest absolute Gasteiger partial charge is 0.423 e. The molecular formula is C108H79B2BrCl7N5O2. The van der Waals surface area contributed by atoms with Gasteiger partial charge >= 0.3 is 7.12 Å². The van der Waals surface area contributed by atoms with Gasteiger partial charge < -0.3 is 35.0 Å². The molecule has 2 aliphatic heterocycles. The third kappa shape index (κ3) is 21.5. The molecule has 18 aromatic rings. The summed E-state index contributed by atoms with van der Waals surface area (Å²) in [5.41, 5.74) is 26.7. The zero-order valence-corrected chi connectivity index (χ0v) is 74.1. The summed E-state index contributed by atoms with van der Waals surface area (Å²) in [6.07, 6.45) is 0. The molecule has 0 atom stereocenters. The van der Waals surface area contributed by atoms with Crippen molar-refractivity contribution in [3.63, 3.8) is 0 Å². The Morgan fingerprint density at radius 3 is 0.848 bits per heavy atom. The van der Waals surface area contributed by atoms with Crippen LogP contribution in [0.25, 0.3) is 33.4 Å². The number of benzene rings is 18. The second-order valence-corrected chi connectivity index (χ2v) is 32.5. The first-order chi connectivity index (χ1) is 61.2. The van der Waals surface area contributed by atoms with Gasteiger partial charge in [0.05, 0.1) is 46.5 Å². The Kier molecular flexibility index (Phi) is 29.9. The van der Waals surface area contributed by atoms with Crippen molar-refractivity contribution in [1.29, 1.82) is 0 Å². The predicted molar refractivity (Wildman–Crippen MR) is 541 cm³/mol. The van der Waals surface area contributed by atoms with Gasteiger partial charge in [-0.05, 0) is 213 Å². The minimum Gasteiger partial charge on any atom is -0.423 e. The summed E-state index contributed by atoms with van der Waals surface area (Å²) < 4.78 is 0.826. The molecule has 0 amide bonds. The standard InChI is InChI=1S/C36H25BN2.C36H27ClN2.C12H7Cl3.C12H11N.C6H7BO2.C6H2BrCl3/c1-4-14-26(15-5-1)27-24-34-36-35(25-27)39(29-18-8-3-9-19-29)33-23-13-11-21-31(33)37(36)30-20-10-12-22-32(30)38(34)28-16-6-2-7-17-28;37-36-34(38(30-18-8-2-9-19-30)31-20-10-3-11-21-31)26-29(28-16-6-1-7-17-28)27-35(36)39(32-22-12-4-13-23-32)33-24-14-5-15-25-33;13-10-6-9(7-11(14)12(10)15)8-4-2-1-3-5-8;1-3-7-11(8-4-1)13-12-9-5-2-6-10-12;8-7(9)6-4-2-1-3-5-6;7-3-1-4(8)6(10)5(9)2-3/h1-25H;1-27H;1-7H;1-10,13H;1-5,8-9H;1-2H. The van der Waals surface area contributed by atoms with Gasteiger partial charge in [-0.2, -0.15) is 0 Å². The fourth-order valence-electron chi connectivity index (χ4n) is 15.0. The Bertz CT molecular complexity index is 6120. The lowest BCUT2D eigenvalue weighted by Gasteiger charge is -2.44. The Hall–Kier alpha value is -12.5. The van der Waals surface area contributed by atoms with Crippen molar-refractivity contribution >= 4 is 212 Å². The van der Waals surface area contributed by atoms with E-state index in [9.17, 15) is 0 Å². The van der Waals surface area contributed by atoms with Crippen LogP contribution in [0.3, 0.4) is 0 Å². The van der Waals surface area contributed by atoms with Crippen LogP contribution < -0.4 is 46.8 Å². The number of anilines is 14. The third-order valence-electron chi connectivity index (χ3n) is 20.7. The molecule has 0 radical (unpaired) electrons. The van der Waals surface area contributed by atoms with Crippen molar-refractivity contribution in [2.75, 3.05) is 24.9 Å². The van der Waals surface area contributed by atoms with E-state index >= 15 is 0 Å². The van der Waals surface area contributed by atoms with Crippen molar-refractivity contribution in [2.24, 2.45) is 0 Å². The molecule has 0 unspecified atom stereocenters. The molecule has 18 aromatic carbocycles. The minimum absolute atomic E-state index is 0.146. The molecule has 17 heteroatoms. The molecule has 0 aromatic heterocycles. The van der Waals surface area contributed by atoms with Gasteiger partial charge in [0, 0.05) is 72.7 Å². The van der Waals surface area contributed by atoms with Gasteiger partial charge in [-0.3, -0.25) is 0 Å². The van der Waals surface area contributed by atoms with Crippen molar-refractivity contribution in [1.82, 2.24) is 0 Å². The van der Waals surface area contributed by atoms with Crippen molar-refractivity contribution < 1.29 is 10.0 Å². The molecule has 7 nitrogen and oxygen atoms in total. The highest BCUT2D eigenvalue weighted by Gasteiger charge is 2.43. The second-order valence-electron chi connectivity index (χ2n) is 28.8. The van der Waals surface area contributed by atoms with Gasteiger partial charge in [-0.1, -0.05) is 400 Å². The first-order valence-electron chi connectivity index (χ1n) is 40.3. The van der Waals surface area contributed by atoms with Gasteiger partial charge in [0.25, 0.3) is 6.71 Å². The minimum atomic E-state index is -1.34. The van der Waals surface area contributed by atoms with Crippen molar-refractivity contribution in [3.8, 4) is 33.4 Å². The first kappa shape index (κ1) is 87.4. The van der Waals surface area contributed by atoms with E-state index in [4.69, 9.17) is 91.3 Å². The normalized spacial score (nSPS) is 11.1. The monoisotopic (exact) mass is 1820 g/mol. The number of hydrogen-bond donors (Lipinski definition) is 3. The lowest BCUT2D eigenvalue weighted by Crippen LogP contribution is -2.61. The Morgan fingerprint density at radius 2 is 0.528 bits per heavy atom. The fourth-order valence-corrected chi connectivity index (χ4v) is 17.2. The topological polar surface area (TPSA) is 65.5 Å². The number of hydrogen-bond acceptors (Lipinski definition) is 7. The van der Waals surface area contributed by atoms with Gasteiger partial charge in [0.15, 0.2) is 0 Å². The van der Waals surface area contributed by atoms with Gasteiger partial charge in [-0.15, -0.1) is 0 Å². The van der Waals surface area contributed by atoms with Crippen LogP contribution in [0.5, 0.6) is 0 Å². The largest absolute Gasteiger partial charge is 0.488 e. The molecule has 0 spiro atoms. The van der Waals surface area contributed by atoms with E-state index in [1.54, 1.807) is 36.4 Å². The maximum Gasteiger partial charge on any atom is 0.488 e. The SMILES string of the molecule is Clc1c(N(c2ccccc2)c2ccccc2)cc(-c2ccccc2)cc1N(c1ccccc1)c1ccccc1.Clc1cc(-c2ccccc2)cc(Cl)c1Cl.Clc1cc(Br)cc(Cl)c1Cl.OB(O)c1ccccc1.c1ccc(-c2cc3c4c(c2)N(c2ccccc2)c2ccccc2B4c2ccccc2N3c2ccccc2)cc1.c1ccc(Nc2ccccc2)cc1. The van der Waals surface area contributed by atoms with E-state index in [0.29, 0.717) is 40.6 Å². The molecule has 610 valence electrons. The van der Waals surface area contributed by atoms with Gasteiger partial charge in [0.2, 0.25) is 0 Å². The molecule has 3 N–H and O–H groups in total. The van der Waals surface area contributed by atoms with E-state index in [0.717, 1.165) is 72.2 Å². The van der Waals surface area contributed by atoms with Gasteiger partial charge in [0.1, 0.15) is 0 Å².